The Labute approximate surface area is 147 Å². The normalized spacial score (nSPS) is 11.8. The van der Waals surface area contributed by atoms with Gasteiger partial charge in [-0.25, -0.2) is 4.42 Å². The highest BCUT2D eigenvalue weighted by molar-refractivity contribution is 5.83. The predicted molar refractivity (Wildman–Crippen MR) is 102 cm³/mol. The van der Waals surface area contributed by atoms with Crippen LogP contribution in [0.3, 0.4) is 0 Å². The van der Waals surface area contributed by atoms with Gasteiger partial charge in [0.1, 0.15) is 0 Å². The van der Waals surface area contributed by atoms with Crippen LogP contribution in [-0.4, -0.2) is 0 Å². The van der Waals surface area contributed by atoms with E-state index in [1.807, 2.05) is 18.2 Å². The summed E-state index contributed by atoms with van der Waals surface area (Å²) in [7, 11) is 0. The van der Waals surface area contributed by atoms with Crippen molar-refractivity contribution in [2.45, 2.75) is 6.42 Å². The maximum Gasteiger partial charge on any atom is 0.365 e. The topological polar surface area (TPSA) is 11.3 Å². The quantitative estimate of drug-likeness (QED) is 0.339. The summed E-state index contributed by atoms with van der Waals surface area (Å²) in [6.07, 6.45) is 0.925. The highest BCUT2D eigenvalue weighted by Gasteiger charge is 2.33. The first-order chi connectivity index (χ1) is 12.4. The predicted octanol–water partition coefficient (Wildman–Crippen LogP) is 6.47. The lowest BCUT2D eigenvalue weighted by atomic mass is 9.97. The van der Waals surface area contributed by atoms with E-state index in [1.165, 1.54) is 27.8 Å². The van der Waals surface area contributed by atoms with E-state index in [0.717, 1.165) is 23.5 Å². The SMILES string of the molecule is c1ccc(-c2cc(-c3ccccc3)c3c([o+]2)-c2ccccc2C3)cc1. The third-order valence-corrected chi connectivity index (χ3v) is 4.86. The molecule has 0 saturated carbocycles. The highest BCUT2D eigenvalue weighted by atomic mass is 16.3. The summed E-state index contributed by atoms with van der Waals surface area (Å²) in [6.45, 7) is 0. The summed E-state index contributed by atoms with van der Waals surface area (Å²) >= 11 is 0. The van der Waals surface area contributed by atoms with E-state index >= 15 is 0 Å². The first-order valence-corrected chi connectivity index (χ1v) is 8.59. The molecule has 25 heavy (non-hydrogen) atoms. The molecule has 1 aromatic heterocycles. The maximum absolute atomic E-state index is 6.39. The Bertz CT molecular complexity index is 1050. The minimum atomic E-state index is 0.912. The Morgan fingerprint density at radius 3 is 2.00 bits per heavy atom. The fraction of sp³-hybridized carbons (Fsp3) is 0.0417. The largest absolute Gasteiger partial charge is 0.365 e. The van der Waals surface area contributed by atoms with Crippen LogP contribution in [0.25, 0.3) is 33.8 Å². The lowest BCUT2D eigenvalue weighted by Crippen LogP contribution is -1.90. The Kier molecular flexibility index (Phi) is 3.24. The summed E-state index contributed by atoms with van der Waals surface area (Å²) in [5, 5.41) is 0. The lowest BCUT2D eigenvalue weighted by molar-refractivity contribution is 0.581. The van der Waals surface area contributed by atoms with E-state index < -0.39 is 0 Å². The Morgan fingerprint density at radius 1 is 0.600 bits per heavy atom. The van der Waals surface area contributed by atoms with Crippen LogP contribution >= 0.6 is 0 Å². The minimum Gasteiger partial charge on any atom is -0.206 e. The van der Waals surface area contributed by atoms with Crippen LogP contribution in [0.4, 0.5) is 0 Å². The van der Waals surface area contributed by atoms with Crippen molar-refractivity contribution >= 4 is 0 Å². The molecule has 118 valence electrons. The van der Waals surface area contributed by atoms with Gasteiger partial charge in [-0.2, -0.15) is 0 Å². The van der Waals surface area contributed by atoms with Gasteiger partial charge in [-0.1, -0.05) is 66.7 Å². The Morgan fingerprint density at radius 2 is 1.24 bits per heavy atom. The number of fused-ring (bicyclic) bond motifs is 3. The molecule has 1 aliphatic carbocycles. The van der Waals surface area contributed by atoms with Crippen molar-refractivity contribution in [2.75, 3.05) is 0 Å². The molecule has 3 aromatic carbocycles. The molecular weight excluding hydrogens is 304 g/mol. The zero-order valence-electron chi connectivity index (χ0n) is 13.8. The molecule has 5 rings (SSSR count). The van der Waals surface area contributed by atoms with Crippen LogP contribution < -0.4 is 0 Å². The third kappa shape index (κ3) is 2.36. The highest BCUT2D eigenvalue weighted by Crippen LogP contribution is 2.44. The van der Waals surface area contributed by atoms with Crippen molar-refractivity contribution in [3.05, 3.63) is 102 Å². The van der Waals surface area contributed by atoms with Gasteiger partial charge in [0.2, 0.25) is 0 Å². The van der Waals surface area contributed by atoms with Gasteiger partial charge in [-0.3, -0.25) is 0 Å². The molecule has 0 fully saturated rings. The van der Waals surface area contributed by atoms with Gasteiger partial charge >= 0.3 is 11.5 Å². The van der Waals surface area contributed by atoms with Gasteiger partial charge in [0, 0.05) is 12.0 Å². The van der Waals surface area contributed by atoms with Gasteiger partial charge in [-0.05, 0) is 29.3 Å². The van der Waals surface area contributed by atoms with Gasteiger partial charge in [0.25, 0.3) is 0 Å². The van der Waals surface area contributed by atoms with Gasteiger partial charge in [0.05, 0.1) is 22.8 Å². The van der Waals surface area contributed by atoms with Crippen LogP contribution in [0.5, 0.6) is 0 Å². The summed E-state index contributed by atoms with van der Waals surface area (Å²) in [5.41, 5.74) is 7.44. The summed E-state index contributed by atoms with van der Waals surface area (Å²) in [4.78, 5) is 0. The first-order valence-electron chi connectivity index (χ1n) is 8.59. The van der Waals surface area contributed by atoms with E-state index in [9.17, 15) is 0 Å². The molecular formula is C24H17O+. The van der Waals surface area contributed by atoms with Crippen molar-refractivity contribution in [2.24, 2.45) is 0 Å². The first kappa shape index (κ1) is 14.2. The van der Waals surface area contributed by atoms with Crippen molar-refractivity contribution in [3.8, 4) is 33.8 Å². The Balaban J connectivity index is 1.80. The summed E-state index contributed by atoms with van der Waals surface area (Å²) < 4.78 is 6.39. The maximum atomic E-state index is 6.39. The monoisotopic (exact) mass is 321 g/mol. The molecule has 0 saturated heterocycles. The molecule has 1 aliphatic rings. The second-order valence-electron chi connectivity index (χ2n) is 6.40. The van der Waals surface area contributed by atoms with Crippen LogP contribution in [0.2, 0.25) is 0 Å². The van der Waals surface area contributed by atoms with Crippen LogP contribution in [0, 0.1) is 0 Å². The molecule has 4 aromatic rings. The van der Waals surface area contributed by atoms with E-state index in [-0.39, 0.29) is 0 Å². The molecule has 0 amide bonds. The van der Waals surface area contributed by atoms with E-state index in [0.29, 0.717) is 0 Å². The Hall–Kier alpha value is -3.19. The van der Waals surface area contributed by atoms with E-state index in [1.54, 1.807) is 0 Å². The minimum absolute atomic E-state index is 0.912. The number of hydrogen-bond acceptors (Lipinski definition) is 0. The van der Waals surface area contributed by atoms with Crippen molar-refractivity contribution in [1.82, 2.24) is 0 Å². The zero-order valence-corrected chi connectivity index (χ0v) is 13.8. The van der Waals surface area contributed by atoms with Crippen molar-refractivity contribution in [1.29, 1.82) is 0 Å². The molecule has 0 atom stereocenters. The summed E-state index contributed by atoms with van der Waals surface area (Å²) in [6, 6.07) is 31.7. The average molecular weight is 321 g/mol. The lowest BCUT2D eigenvalue weighted by Gasteiger charge is -2.05. The second kappa shape index (κ2) is 5.71. The molecule has 0 N–H and O–H groups in total. The van der Waals surface area contributed by atoms with Gasteiger partial charge < -0.3 is 0 Å². The second-order valence-corrected chi connectivity index (χ2v) is 6.40. The molecule has 0 bridgehead atoms. The number of hydrogen-bond donors (Lipinski definition) is 0. The van der Waals surface area contributed by atoms with Crippen LogP contribution in [-0.2, 0) is 6.42 Å². The molecule has 0 spiro atoms. The molecule has 1 nitrogen and oxygen atoms in total. The number of rotatable bonds is 2. The van der Waals surface area contributed by atoms with E-state index in [4.69, 9.17) is 4.42 Å². The fourth-order valence-corrected chi connectivity index (χ4v) is 3.64. The zero-order chi connectivity index (χ0) is 16.6. The smallest absolute Gasteiger partial charge is 0.206 e. The van der Waals surface area contributed by atoms with E-state index in [2.05, 4.69) is 72.8 Å². The fourth-order valence-electron chi connectivity index (χ4n) is 3.64. The van der Waals surface area contributed by atoms with Crippen LogP contribution in [0.1, 0.15) is 11.1 Å². The molecule has 1 heteroatoms. The molecule has 0 radical (unpaired) electrons. The van der Waals surface area contributed by atoms with Crippen molar-refractivity contribution in [3.63, 3.8) is 0 Å². The van der Waals surface area contributed by atoms with Crippen LogP contribution in [0.15, 0.2) is 95.4 Å². The third-order valence-electron chi connectivity index (χ3n) is 4.86. The molecule has 0 aliphatic heterocycles. The van der Waals surface area contributed by atoms with Gasteiger partial charge in [0.15, 0.2) is 0 Å². The standard InChI is InChI=1S/C24H17O/c1-3-9-17(10-4-1)21-16-23(18-11-5-2-6-12-18)25-24-20-14-8-7-13-19(20)15-22(21)24/h1-14,16H,15H2/q+1. The molecule has 1 heterocycles. The summed E-state index contributed by atoms with van der Waals surface area (Å²) in [5.74, 6) is 1.92. The average Bonchev–Trinajstić information content (AvgIpc) is 3.07. The number of benzene rings is 3. The van der Waals surface area contributed by atoms with Crippen molar-refractivity contribution < 1.29 is 4.42 Å². The molecule has 0 unspecified atom stereocenters. The van der Waals surface area contributed by atoms with Gasteiger partial charge in [-0.15, -0.1) is 0 Å².